The number of aromatic nitrogens is 1. The molecule has 3 heteroatoms. The summed E-state index contributed by atoms with van der Waals surface area (Å²) in [5, 5.41) is 0. The van der Waals surface area contributed by atoms with Crippen LogP contribution in [0.4, 0.5) is 0 Å². The zero-order chi connectivity index (χ0) is 9.80. The predicted molar refractivity (Wildman–Crippen MR) is 52.4 cm³/mol. The zero-order valence-corrected chi connectivity index (χ0v) is 7.98. The highest BCUT2D eigenvalue weighted by molar-refractivity contribution is 5.73. The molecule has 1 fully saturated rings. The van der Waals surface area contributed by atoms with Gasteiger partial charge in [0.25, 0.3) is 0 Å². The quantitative estimate of drug-likeness (QED) is 0.669. The molecule has 3 nitrogen and oxygen atoms in total. The Morgan fingerprint density at radius 3 is 2.71 bits per heavy atom. The van der Waals surface area contributed by atoms with Crippen LogP contribution in [-0.4, -0.2) is 24.5 Å². The van der Waals surface area contributed by atoms with Gasteiger partial charge in [0.05, 0.1) is 0 Å². The molecule has 1 aromatic rings. The molecule has 0 aromatic carbocycles. The van der Waals surface area contributed by atoms with Crippen LogP contribution in [0.15, 0.2) is 18.3 Å². The van der Waals surface area contributed by atoms with Gasteiger partial charge in [-0.15, -0.1) is 0 Å². The van der Waals surface area contributed by atoms with Crippen LogP contribution in [0.3, 0.4) is 0 Å². The number of hydrogen-bond acceptors (Lipinski definition) is 3. The van der Waals surface area contributed by atoms with E-state index in [9.17, 15) is 4.79 Å². The van der Waals surface area contributed by atoms with Crippen LogP contribution in [0, 0.1) is 0 Å². The molecule has 14 heavy (non-hydrogen) atoms. The van der Waals surface area contributed by atoms with Crippen LogP contribution in [0.25, 0.3) is 0 Å². The first-order chi connectivity index (χ1) is 6.90. The molecule has 0 N–H and O–H groups in total. The summed E-state index contributed by atoms with van der Waals surface area (Å²) in [7, 11) is 0. The second-order valence-electron chi connectivity index (χ2n) is 3.52. The summed E-state index contributed by atoms with van der Waals surface area (Å²) in [6.07, 6.45) is 4.53. The lowest BCUT2D eigenvalue weighted by molar-refractivity contribution is 0.0845. The van der Waals surface area contributed by atoms with E-state index in [1.165, 1.54) is 0 Å². The topological polar surface area (TPSA) is 39.2 Å². The van der Waals surface area contributed by atoms with Crippen molar-refractivity contribution in [3.63, 3.8) is 0 Å². The van der Waals surface area contributed by atoms with Crippen LogP contribution < -0.4 is 0 Å². The summed E-state index contributed by atoms with van der Waals surface area (Å²) in [6, 6.07) is 3.77. The molecule has 0 atom stereocenters. The van der Waals surface area contributed by atoms with Crippen molar-refractivity contribution in [2.45, 2.75) is 18.8 Å². The van der Waals surface area contributed by atoms with Crippen molar-refractivity contribution < 1.29 is 9.53 Å². The summed E-state index contributed by atoms with van der Waals surface area (Å²) in [4.78, 5) is 14.7. The molecule has 1 aromatic heterocycles. The van der Waals surface area contributed by atoms with Gasteiger partial charge in [0, 0.05) is 36.6 Å². The van der Waals surface area contributed by atoms with Crippen molar-refractivity contribution in [2.24, 2.45) is 0 Å². The lowest BCUT2D eigenvalue weighted by atomic mass is 9.96. The summed E-state index contributed by atoms with van der Waals surface area (Å²) in [5.41, 5.74) is 1.72. The number of carbonyl (C=O) groups excluding carboxylic acids is 1. The first-order valence-electron chi connectivity index (χ1n) is 4.89. The maximum absolute atomic E-state index is 10.4. The predicted octanol–water partition coefficient (Wildman–Crippen LogP) is 1.79. The van der Waals surface area contributed by atoms with E-state index in [4.69, 9.17) is 4.74 Å². The highest BCUT2D eigenvalue weighted by atomic mass is 16.5. The molecule has 1 saturated heterocycles. The molecule has 0 aliphatic carbocycles. The average Bonchev–Trinajstić information content (AvgIpc) is 2.30. The second-order valence-corrected chi connectivity index (χ2v) is 3.52. The van der Waals surface area contributed by atoms with Gasteiger partial charge in [-0.25, -0.2) is 0 Å². The van der Waals surface area contributed by atoms with E-state index in [1.807, 2.05) is 12.1 Å². The van der Waals surface area contributed by atoms with E-state index < -0.39 is 0 Å². The largest absolute Gasteiger partial charge is 0.381 e. The van der Waals surface area contributed by atoms with Crippen molar-refractivity contribution in [1.82, 2.24) is 4.98 Å². The Morgan fingerprint density at radius 1 is 1.36 bits per heavy atom. The fourth-order valence-corrected chi connectivity index (χ4v) is 1.72. The summed E-state index contributed by atoms with van der Waals surface area (Å²) in [6.45, 7) is 1.64. The van der Waals surface area contributed by atoms with Gasteiger partial charge >= 0.3 is 0 Å². The van der Waals surface area contributed by atoms with E-state index in [-0.39, 0.29) is 0 Å². The minimum Gasteiger partial charge on any atom is -0.381 e. The maximum atomic E-state index is 10.4. The third-order valence-electron chi connectivity index (χ3n) is 2.58. The van der Waals surface area contributed by atoms with Crippen molar-refractivity contribution >= 4 is 6.29 Å². The van der Waals surface area contributed by atoms with Gasteiger partial charge in [0.2, 0.25) is 0 Å². The lowest BCUT2D eigenvalue weighted by Crippen LogP contribution is -2.15. The number of aldehydes is 1. The Hall–Kier alpha value is -1.22. The molecular formula is C11H13NO2. The Bertz CT molecular complexity index is 302. The van der Waals surface area contributed by atoms with Gasteiger partial charge in [-0.2, -0.15) is 0 Å². The molecule has 0 unspecified atom stereocenters. The van der Waals surface area contributed by atoms with Gasteiger partial charge in [-0.05, 0) is 25.0 Å². The monoisotopic (exact) mass is 191 g/mol. The van der Waals surface area contributed by atoms with Gasteiger partial charge < -0.3 is 4.74 Å². The third kappa shape index (κ3) is 1.99. The van der Waals surface area contributed by atoms with Crippen LogP contribution in [0.1, 0.15) is 34.8 Å². The molecule has 2 rings (SSSR count). The highest BCUT2D eigenvalue weighted by Gasteiger charge is 2.16. The Balaban J connectivity index is 2.11. The Morgan fingerprint density at radius 2 is 2.14 bits per heavy atom. The first-order valence-corrected chi connectivity index (χ1v) is 4.89. The van der Waals surface area contributed by atoms with E-state index in [1.54, 1.807) is 6.20 Å². The molecule has 0 bridgehead atoms. The highest BCUT2D eigenvalue weighted by Crippen LogP contribution is 2.24. The number of nitrogens with zero attached hydrogens (tertiary/aromatic N) is 1. The lowest BCUT2D eigenvalue weighted by Gasteiger charge is -2.21. The SMILES string of the molecule is O=Cc1ccc(C2CCOCC2)nc1. The number of ether oxygens (including phenoxy) is 1. The summed E-state index contributed by atoms with van der Waals surface area (Å²) < 4.78 is 5.28. The molecule has 0 saturated carbocycles. The fourth-order valence-electron chi connectivity index (χ4n) is 1.72. The normalized spacial score (nSPS) is 18.0. The number of hydrogen-bond donors (Lipinski definition) is 0. The van der Waals surface area contributed by atoms with E-state index >= 15 is 0 Å². The number of rotatable bonds is 2. The minimum absolute atomic E-state index is 0.504. The average molecular weight is 191 g/mol. The van der Waals surface area contributed by atoms with Gasteiger partial charge in [-0.3, -0.25) is 9.78 Å². The fraction of sp³-hybridized carbons (Fsp3) is 0.455. The molecule has 0 spiro atoms. The van der Waals surface area contributed by atoms with E-state index in [0.717, 1.165) is 38.0 Å². The molecule has 2 heterocycles. The molecular weight excluding hydrogens is 178 g/mol. The van der Waals surface area contributed by atoms with Crippen molar-refractivity contribution in [2.75, 3.05) is 13.2 Å². The molecule has 1 aliphatic rings. The number of pyridine rings is 1. The van der Waals surface area contributed by atoms with E-state index in [2.05, 4.69) is 4.98 Å². The van der Waals surface area contributed by atoms with Crippen LogP contribution >= 0.6 is 0 Å². The molecule has 0 radical (unpaired) electrons. The first kappa shape index (κ1) is 9.34. The molecule has 0 amide bonds. The maximum Gasteiger partial charge on any atom is 0.151 e. The Kier molecular flexibility index (Phi) is 2.89. The second kappa shape index (κ2) is 4.33. The van der Waals surface area contributed by atoms with Gasteiger partial charge in [-0.1, -0.05) is 0 Å². The van der Waals surface area contributed by atoms with Gasteiger partial charge in [0.15, 0.2) is 6.29 Å². The van der Waals surface area contributed by atoms with Crippen LogP contribution in [0.2, 0.25) is 0 Å². The Labute approximate surface area is 83.1 Å². The van der Waals surface area contributed by atoms with Crippen molar-refractivity contribution in [3.8, 4) is 0 Å². The number of carbonyl (C=O) groups is 1. The van der Waals surface area contributed by atoms with Crippen molar-refractivity contribution in [3.05, 3.63) is 29.6 Å². The summed E-state index contributed by atoms with van der Waals surface area (Å²) >= 11 is 0. The van der Waals surface area contributed by atoms with Crippen LogP contribution in [-0.2, 0) is 4.74 Å². The standard InChI is InChI=1S/C11H13NO2/c13-8-9-1-2-11(12-7-9)10-3-5-14-6-4-10/h1-2,7-8,10H,3-6H2. The third-order valence-corrected chi connectivity index (χ3v) is 2.58. The molecule has 74 valence electrons. The molecule has 1 aliphatic heterocycles. The van der Waals surface area contributed by atoms with Crippen LogP contribution in [0.5, 0.6) is 0 Å². The smallest absolute Gasteiger partial charge is 0.151 e. The summed E-state index contributed by atoms with van der Waals surface area (Å²) in [5.74, 6) is 0.504. The van der Waals surface area contributed by atoms with Gasteiger partial charge in [0.1, 0.15) is 0 Å². The zero-order valence-electron chi connectivity index (χ0n) is 7.98. The van der Waals surface area contributed by atoms with E-state index in [0.29, 0.717) is 11.5 Å². The van der Waals surface area contributed by atoms with Crippen molar-refractivity contribution in [1.29, 1.82) is 0 Å². The minimum atomic E-state index is 0.504.